The molecular weight excluding hydrogens is 252 g/mol. The molecule has 5 heteroatoms. The van der Waals surface area contributed by atoms with E-state index in [2.05, 4.69) is 22.4 Å². The molecule has 0 aliphatic heterocycles. The molecule has 0 radical (unpaired) electrons. The van der Waals surface area contributed by atoms with Gasteiger partial charge in [0.05, 0.1) is 0 Å². The largest absolute Gasteiger partial charge is 0.350 e. The van der Waals surface area contributed by atoms with Crippen molar-refractivity contribution in [1.29, 1.82) is 0 Å². The number of hydrogen-bond donors (Lipinski definition) is 1. The Morgan fingerprint density at radius 3 is 2.60 bits per heavy atom. The minimum absolute atomic E-state index is 0.0428. The standard InChI is InChI=1S/C15H20N4O/c1-3-12-5-7-13(8-6-12)15(20)16-9-10-19-11-17-18-14(19)4-2/h5-8,11H,3-4,9-10H2,1-2H3,(H,16,20). The van der Waals surface area contributed by atoms with Gasteiger partial charge in [0.1, 0.15) is 12.2 Å². The quantitative estimate of drug-likeness (QED) is 0.872. The van der Waals surface area contributed by atoms with Crippen LogP contribution in [-0.4, -0.2) is 27.2 Å². The lowest BCUT2D eigenvalue weighted by Crippen LogP contribution is -2.27. The Balaban J connectivity index is 1.85. The first kappa shape index (κ1) is 14.2. The van der Waals surface area contributed by atoms with Gasteiger partial charge in [-0.2, -0.15) is 0 Å². The zero-order valence-electron chi connectivity index (χ0n) is 12.0. The lowest BCUT2D eigenvalue weighted by Gasteiger charge is -2.07. The van der Waals surface area contributed by atoms with Crippen LogP contribution in [0.4, 0.5) is 0 Å². The normalized spacial score (nSPS) is 10.5. The number of aryl methyl sites for hydroxylation is 2. The minimum atomic E-state index is -0.0428. The van der Waals surface area contributed by atoms with Crippen molar-refractivity contribution < 1.29 is 4.79 Å². The van der Waals surface area contributed by atoms with E-state index in [1.807, 2.05) is 35.8 Å². The van der Waals surface area contributed by atoms with Crippen molar-refractivity contribution in [3.63, 3.8) is 0 Å². The second kappa shape index (κ2) is 6.84. The molecular formula is C15H20N4O. The summed E-state index contributed by atoms with van der Waals surface area (Å²) in [5, 5.41) is 10.8. The molecule has 0 spiro atoms. The van der Waals surface area contributed by atoms with Crippen LogP contribution >= 0.6 is 0 Å². The number of aromatic nitrogens is 3. The number of rotatable bonds is 6. The summed E-state index contributed by atoms with van der Waals surface area (Å²) in [7, 11) is 0. The van der Waals surface area contributed by atoms with Crippen LogP contribution in [-0.2, 0) is 19.4 Å². The third kappa shape index (κ3) is 3.44. The van der Waals surface area contributed by atoms with E-state index in [9.17, 15) is 4.79 Å². The van der Waals surface area contributed by atoms with E-state index in [0.29, 0.717) is 18.7 Å². The molecule has 1 aromatic heterocycles. The molecule has 1 aromatic carbocycles. The molecule has 0 aliphatic rings. The van der Waals surface area contributed by atoms with Gasteiger partial charge in [0.2, 0.25) is 0 Å². The first-order chi connectivity index (χ1) is 9.74. The van der Waals surface area contributed by atoms with Gasteiger partial charge in [0, 0.05) is 25.1 Å². The fourth-order valence-electron chi connectivity index (χ4n) is 2.02. The van der Waals surface area contributed by atoms with Crippen LogP contribution in [0.3, 0.4) is 0 Å². The summed E-state index contributed by atoms with van der Waals surface area (Å²) in [4.78, 5) is 12.0. The van der Waals surface area contributed by atoms with E-state index in [4.69, 9.17) is 0 Å². The molecule has 0 saturated carbocycles. The predicted molar refractivity (Wildman–Crippen MR) is 77.6 cm³/mol. The van der Waals surface area contributed by atoms with Crippen molar-refractivity contribution in [2.75, 3.05) is 6.54 Å². The van der Waals surface area contributed by atoms with Crippen molar-refractivity contribution in [2.45, 2.75) is 33.2 Å². The lowest BCUT2D eigenvalue weighted by atomic mass is 10.1. The summed E-state index contributed by atoms with van der Waals surface area (Å²) in [6, 6.07) is 7.71. The molecule has 106 valence electrons. The maximum absolute atomic E-state index is 12.0. The highest BCUT2D eigenvalue weighted by Crippen LogP contribution is 2.04. The summed E-state index contributed by atoms with van der Waals surface area (Å²) in [5.74, 6) is 0.894. The number of carbonyl (C=O) groups is 1. The average Bonchev–Trinajstić information content (AvgIpc) is 2.94. The third-order valence-corrected chi connectivity index (χ3v) is 3.27. The molecule has 2 rings (SSSR count). The van der Waals surface area contributed by atoms with Gasteiger partial charge in [0.15, 0.2) is 0 Å². The SMILES string of the molecule is CCc1ccc(C(=O)NCCn2cnnc2CC)cc1. The highest BCUT2D eigenvalue weighted by Gasteiger charge is 2.05. The van der Waals surface area contributed by atoms with E-state index in [1.54, 1.807) is 6.33 Å². The average molecular weight is 272 g/mol. The summed E-state index contributed by atoms with van der Waals surface area (Å²) in [5.41, 5.74) is 1.93. The van der Waals surface area contributed by atoms with Crippen molar-refractivity contribution in [3.8, 4) is 0 Å². The van der Waals surface area contributed by atoms with Gasteiger partial charge in [-0.1, -0.05) is 26.0 Å². The Labute approximate surface area is 119 Å². The number of carbonyl (C=O) groups excluding carboxylic acids is 1. The summed E-state index contributed by atoms with van der Waals surface area (Å²) in [6.45, 7) is 5.39. The zero-order valence-corrected chi connectivity index (χ0v) is 12.0. The lowest BCUT2D eigenvalue weighted by molar-refractivity contribution is 0.0952. The Hall–Kier alpha value is -2.17. The van der Waals surface area contributed by atoms with Gasteiger partial charge >= 0.3 is 0 Å². The van der Waals surface area contributed by atoms with Gasteiger partial charge in [0.25, 0.3) is 5.91 Å². The Morgan fingerprint density at radius 1 is 1.20 bits per heavy atom. The number of nitrogens with one attached hydrogen (secondary N) is 1. The first-order valence-electron chi connectivity index (χ1n) is 6.98. The highest BCUT2D eigenvalue weighted by atomic mass is 16.1. The Morgan fingerprint density at radius 2 is 1.95 bits per heavy atom. The number of amides is 1. The fourth-order valence-corrected chi connectivity index (χ4v) is 2.02. The van der Waals surface area contributed by atoms with Crippen LogP contribution in [0, 0.1) is 0 Å². The topological polar surface area (TPSA) is 59.8 Å². The van der Waals surface area contributed by atoms with Gasteiger partial charge < -0.3 is 9.88 Å². The third-order valence-electron chi connectivity index (χ3n) is 3.27. The Kier molecular flexibility index (Phi) is 4.87. The maximum atomic E-state index is 12.0. The first-order valence-corrected chi connectivity index (χ1v) is 6.98. The number of nitrogens with zero attached hydrogens (tertiary/aromatic N) is 3. The molecule has 2 aromatic rings. The van der Waals surface area contributed by atoms with Crippen LogP contribution in [0.2, 0.25) is 0 Å². The summed E-state index contributed by atoms with van der Waals surface area (Å²) >= 11 is 0. The van der Waals surface area contributed by atoms with E-state index in [-0.39, 0.29) is 5.91 Å². The highest BCUT2D eigenvalue weighted by molar-refractivity contribution is 5.94. The molecule has 5 nitrogen and oxygen atoms in total. The minimum Gasteiger partial charge on any atom is -0.350 e. The van der Waals surface area contributed by atoms with Gasteiger partial charge in [-0.3, -0.25) is 4.79 Å². The molecule has 0 unspecified atom stereocenters. The van der Waals surface area contributed by atoms with Crippen LogP contribution in [0.5, 0.6) is 0 Å². The van der Waals surface area contributed by atoms with Crippen molar-refractivity contribution >= 4 is 5.91 Å². The maximum Gasteiger partial charge on any atom is 0.251 e. The molecule has 0 saturated heterocycles. The molecule has 20 heavy (non-hydrogen) atoms. The molecule has 1 amide bonds. The predicted octanol–water partition coefficient (Wildman–Crippen LogP) is 1.83. The van der Waals surface area contributed by atoms with Crippen LogP contribution in [0.1, 0.15) is 35.6 Å². The molecule has 0 fully saturated rings. The van der Waals surface area contributed by atoms with Crippen LogP contribution in [0.25, 0.3) is 0 Å². The van der Waals surface area contributed by atoms with Gasteiger partial charge in [-0.25, -0.2) is 0 Å². The molecule has 1 N–H and O–H groups in total. The van der Waals surface area contributed by atoms with Gasteiger partial charge in [-0.05, 0) is 24.1 Å². The van der Waals surface area contributed by atoms with Crippen molar-refractivity contribution in [3.05, 3.63) is 47.5 Å². The molecule has 0 aliphatic carbocycles. The van der Waals surface area contributed by atoms with Gasteiger partial charge in [-0.15, -0.1) is 10.2 Å². The van der Waals surface area contributed by atoms with Crippen LogP contribution in [0.15, 0.2) is 30.6 Å². The molecule has 0 atom stereocenters. The fraction of sp³-hybridized carbons (Fsp3) is 0.400. The molecule has 1 heterocycles. The van der Waals surface area contributed by atoms with E-state index >= 15 is 0 Å². The van der Waals surface area contributed by atoms with Crippen molar-refractivity contribution in [1.82, 2.24) is 20.1 Å². The van der Waals surface area contributed by atoms with E-state index in [1.165, 1.54) is 5.56 Å². The number of benzene rings is 1. The molecule has 0 bridgehead atoms. The zero-order chi connectivity index (χ0) is 14.4. The van der Waals surface area contributed by atoms with Crippen LogP contribution < -0.4 is 5.32 Å². The number of hydrogen-bond acceptors (Lipinski definition) is 3. The summed E-state index contributed by atoms with van der Waals surface area (Å²) in [6.07, 6.45) is 3.52. The second-order valence-corrected chi connectivity index (χ2v) is 4.60. The Bertz CT molecular complexity index is 560. The monoisotopic (exact) mass is 272 g/mol. The second-order valence-electron chi connectivity index (χ2n) is 4.60. The summed E-state index contributed by atoms with van der Waals surface area (Å²) < 4.78 is 1.96. The van der Waals surface area contributed by atoms with E-state index in [0.717, 1.165) is 18.7 Å². The smallest absolute Gasteiger partial charge is 0.251 e. The van der Waals surface area contributed by atoms with Crippen molar-refractivity contribution in [2.24, 2.45) is 0 Å². The van der Waals surface area contributed by atoms with E-state index < -0.39 is 0 Å².